The second kappa shape index (κ2) is 49.6. The van der Waals surface area contributed by atoms with Gasteiger partial charge >= 0.3 is 0 Å². The molecule has 15 aromatic carbocycles. The van der Waals surface area contributed by atoms with Gasteiger partial charge in [0, 0.05) is 23.3 Å². The third kappa shape index (κ3) is 32.0. The van der Waals surface area contributed by atoms with Crippen molar-refractivity contribution in [2.75, 3.05) is 0 Å². The zero-order chi connectivity index (χ0) is 96.5. The normalized spacial score (nSPS) is 10.7. The maximum atomic E-state index is 12.9. The van der Waals surface area contributed by atoms with Crippen LogP contribution in [0.3, 0.4) is 0 Å². The summed E-state index contributed by atoms with van der Waals surface area (Å²) in [6, 6.07) is 96.6. The smallest absolute Gasteiger partial charge is 0.206 e. The van der Waals surface area contributed by atoms with Crippen LogP contribution in [0.4, 0.5) is 0 Å². The van der Waals surface area contributed by atoms with Crippen LogP contribution in [0, 0.1) is 201 Å². The van der Waals surface area contributed by atoms with Crippen LogP contribution in [-0.2, 0) is 21.7 Å². The van der Waals surface area contributed by atoms with Crippen molar-refractivity contribution >= 4 is 73.6 Å². The molecule has 0 spiro atoms. The van der Waals surface area contributed by atoms with E-state index in [2.05, 4.69) is 486 Å². The van der Waals surface area contributed by atoms with Crippen molar-refractivity contribution in [3.8, 4) is 33.4 Å². The van der Waals surface area contributed by atoms with E-state index in [1.54, 1.807) is 24.3 Å². The zero-order valence-corrected chi connectivity index (χ0v) is 90.6. The Morgan fingerprint density at radius 2 is 0.415 bits per heavy atom. The molecule has 0 aromatic heterocycles. The highest BCUT2D eigenvalue weighted by Crippen LogP contribution is 2.41. The average Bonchev–Trinajstić information content (AvgIpc) is 0.779. The molecule has 0 amide bonds. The molecular weight excluding hydrogens is 1860 g/mol. The van der Waals surface area contributed by atoms with Crippen molar-refractivity contribution in [3.05, 3.63) is 474 Å². The Bertz CT molecular complexity index is 5950. The molecule has 0 saturated carbocycles. The first-order valence-electron chi connectivity index (χ1n) is 45.0. The third-order valence-electron chi connectivity index (χ3n) is 25.1. The van der Waals surface area contributed by atoms with Crippen LogP contribution in [0.5, 0.6) is 0 Å². The highest BCUT2D eigenvalue weighted by Gasteiger charge is 2.27. The van der Waals surface area contributed by atoms with Gasteiger partial charge in [0.2, 0.25) is 9.84 Å². The Hall–Kier alpha value is -9.83. The molecule has 0 aliphatic rings. The van der Waals surface area contributed by atoms with Crippen molar-refractivity contribution in [1.82, 2.24) is 0 Å². The molecular formula is C123H140Br4O2S. The number of rotatable bonds is 9. The summed E-state index contributed by atoms with van der Waals surface area (Å²) in [6.07, 6.45) is 1.03. The Balaban J connectivity index is 0.000000203. The SMILES string of the molecule is Cc1c(Br)cc(C(C)(C)c2cc(Br)c(C)c(Br)c2)cc1Br.Cc1cc(-c2cc(C)c(C)c(C)c2)cc(C)c1C.Cc1cc(S(=O)(=O)c2cc(C)c(C)c(C)c2)cc(C)c1C.Cc1ccc(-c2ccc(C)c(C)c2)cc1C.Cc1ccc(-c2ccc(C)cc2)cc1.Cc1ccc(C)c(C)c1.Cc1ccc(C)cc1.Cc1ccc(Cc2ccc(C)cc2)cc1.Cc1cccc(C)c1. The van der Waals surface area contributed by atoms with Crippen LogP contribution >= 0.6 is 63.7 Å². The maximum absolute atomic E-state index is 12.9. The van der Waals surface area contributed by atoms with E-state index in [0.717, 1.165) is 57.7 Å². The van der Waals surface area contributed by atoms with Gasteiger partial charge in [-0.3, -0.25) is 0 Å². The van der Waals surface area contributed by atoms with E-state index < -0.39 is 9.84 Å². The molecule has 0 heterocycles. The molecule has 0 N–H and O–H groups in total. The second-order valence-electron chi connectivity index (χ2n) is 36.5. The summed E-state index contributed by atoms with van der Waals surface area (Å²) < 4.78 is 30.2. The Morgan fingerprint density at radius 1 is 0.200 bits per heavy atom. The predicted molar refractivity (Wildman–Crippen MR) is 582 cm³/mol. The first kappa shape index (κ1) is 107. The van der Waals surface area contributed by atoms with Gasteiger partial charge in [0.05, 0.1) is 9.79 Å². The van der Waals surface area contributed by atoms with Crippen LogP contribution < -0.4 is 0 Å². The van der Waals surface area contributed by atoms with Crippen molar-refractivity contribution < 1.29 is 8.42 Å². The molecule has 15 aromatic rings. The van der Waals surface area contributed by atoms with Crippen LogP contribution in [0.1, 0.15) is 197 Å². The largest absolute Gasteiger partial charge is 0.219 e. The molecule has 130 heavy (non-hydrogen) atoms. The van der Waals surface area contributed by atoms with Gasteiger partial charge < -0.3 is 0 Å². The van der Waals surface area contributed by atoms with Gasteiger partial charge in [-0.1, -0.05) is 352 Å². The maximum Gasteiger partial charge on any atom is 0.206 e. The molecule has 0 radical (unpaired) electrons. The molecule has 15 rings (SSSR count). The fourth-order valence-electron chi connectivity index (χ4n) is 14.3. The lowest BCUT2D eigenvalue weighted by atomic mass is 9.78. The number of sulfone groups is 1. The molecule has 0 fully saturated rings. The number of hydrogen-bond acceptors (Lipinski definition) is 2. The van der Waals surface area contributed by atoms with Crippen molar-refractivity contribution in [2.45, 2.75) is 236 Å². The van der Waals surface area contributed by atoms with Crippen molar-refractivity contribution in [1.29, 1.82) is 0 Å². The molecule has 0 aliphatic heterocycles. The molecule has 0 unspecified atom stereocenters. The van der Waals surface area contributed by atoms with Crippen LogP contribution in [0.2, 0.25) is 0 Å². The van der Waals surface area contributed by atoms with Gasteiger partial charge in [-0.25, -0.2) is 8.42 Å². The first-order valence-corrected chi connectivity index (χ1v) is 49.7. The first-order chi connectivity index (χ1) is 61.0. The second-order valence-corrected chi connectivity index (χ2v) is 41.8. The van der Waals surface area contributed by atoms with Gasteiger partial charge in [-0.05, 0) is 423 Å². The fraction of sp³-hybridized carbons (Fsp3) is 0.268. The predicted octanol–water partition coefficient (Wildman–Crippen LogP) is 36.9. The number of aryl methyl sites for hydroxylation is 23. The quantitative estimate of drug-likeness (QED) is 0.144. The van der Waals surface area contributed by atoms with E-state index in [-0.39, 0.29) is 5.41 Å². The van der Waals surface area contributed by atoms with Gasteiger partial charge in [0.1, 0.15) is 0 Å². The number of hydrogen-bond donors (Lipinski definition) is 0. The number of benzene rings is 15. The molecule has 0 atom stereocenters. The topological polar surface area (TPSA) is 34.1 Å². The highest BCUT2D eigenvalue weighted by atomic mass is 79.9. The van der Waals surface area contributed by atoms with E-state index in [4.69, 9.17) is 0 Å². The lowest BCUT2D eigenvalue weighted by molar-refractivity contribution is 0.595. The summed E-state index contributed by atoms with van der Waals surface area (Å²) in [5, 5.41) is 0. The minimum atomic E-state index is -3.46. The Morgan fingerprint density at radius 3 is 0.662 bits per heavy atom. The van der Waals surface area contributed by atoms with E-state index >= 15 is 0 Å². The fourth-order valence-corrected chi connectivity index (χ4v) is 18.3. The molecule has 0 saturated heterocycles. The monoisotopic (exact) mass is 2000 g/mol. The summed E-state index contributed by atoms with van der Waals surface area (Å²) in [5.41, 5.74) is 50.3. The molecule has 0 aliphatic carbocycles. The number of halogens is 4. The van der Waals surface area contributed by atoms with Crippen LogP contribution in [0.15, 0.2) is 301 Å². The summed E-state index contributed by atoms with van der Waals surface area (Å²) in [5.74, 6) is 0. The van der Waals surface area contributed by atoms with E-state index in [0.29, 0.717) is 9.79 Å². The molecule has 7 heteroatoms. The third-order valence-corrected chi connectivity index (χ3v) is 30.1. The van der Waals surface area contributed by atoms with Gasteiger partial charge in [-0.15, -0.1) is 0 Å². The van der Waals surface area contributed by atoms with E-state index in [1.165, 1.54) is 184 Å². The lowest BCUT2D eigenvalue weighted by Crippen LogP contribution is -2.19. The lowest BCUT2D eigenvalue weighted by Gasteiger charge is -2.28. The summed E-state index contributed by atoms with van der Waals surface area (Å²) >= 11 is 14.6. The minimum absolute atomic E-state index is 0.0858. The van der Waals surface area contributed by atoms with E-state index in [9.17, 15) is 8.42 Å². The van der Waals surface area contributed by atoms with Crippen molar-refractivity contribution in [3.63, 3.8) is 0 Å². The molecule has 2 nitrogen and oxygen atoms in total. The van der Waals surface area contributed by atoms with E-state index in [1.807, 2.05) is 41.5 Å². The Labute approximate surface area is 818 Å². The molecule has 0 bridgehead atoms. The summed E-state index contributed by atoms with van der Waals surface area (Å²) in [6.45, 7) is 65.6. The van der Waals surface area contributed by atoms with Crippen LogP contribution in [-0.4, -0.2) is 8.42 Å². The van der Waals surface area contributed by atoms with Crippen LogP contribution in [0.25, 0.3) is 33.4 Å². The minimum Gasteiger partial charge on any atom is -0.219 e. The standard InChI is InChI=1S/C18H22O2S.C18H22.C17H16Br4.C16H18.C15H16.C14H14.C9H12.2C8H10/c1-11-7-17(8-12(2)15(11)5)21(19,20)18-9-13(3)16(6)14(4)10-18;1-11-7-17(8-12(2)15(11)5)18-9-13(3)16(6)14(4)10-18;1-9-13(18)5-11(6-14(9)19)17(3,4)12-7-15(20)10(2)16(21)8-12;1-11-5-7-15(9-13(11)3)16-8-6-12(2)14(4)10-16;1-12-3-7-14(8-4-12)11-15-9-5-13(2)6-10-15;1-11-3-7-13(8-4-11)14-9-5-12(2)6-10-14;1-7-4-5-8(2)9(3)6-7;1-7-3-5-8(2)6-4-7;1-7-4-3-5-8(2)6-7/h7-10H,1-6H3;7-10H,1-6H3;5-8H,1-4H3;5-10H,1-4H3;3-10H,11H2,1-2H3;3-10H,1-2H3;4-6H,1-3H3;2*3-6H,1-2H3. The zero-order valence-electron chi connectivity index (χ0n) is 83.4. The van der Waals surface area contributed by atoms with Gasteiger partial charge in [0.15, 0.2) is 0 Å². The Kier molecular flexibility index (Phi) is 40.9. The summed E-state index contributed by atoms with van der Waals surface area (Å²) in [7, 11) is -3.46. The van der Waals surface area contributed by atoms with Gasteiger partial charge in [0.25, 0.3) is 0 Å². The average molecular weight is 2000 g/mol. The highest BCUT2D eigenvalue weighted by molar-refractivity contribution is 9.11. The molecule has 678 valence electrons. The summed E-state index contributed by atoms with van der Waals surface area (Å²) in [4.78, 5) is 0.761. The van der Waals surface area contributed by atoms with Crippen molar-refractivity contribution in [2.24, 2.45) is 0 Å². The van der Waals surface area contributed by atoms with Gasteiger partial charge in [-0.2, -0.15) is 0 Å².